The zero-order valence-corrected chi connectivity index (χ0v) is 12.8. The molecule has 0 unspecified atom stereocenters. The number of rotatable bonds is 4. The second-order valence-electron chi connectivity index (χ2n) is 5.87. The Morgan fingerprint density at radius 3 is 2.61 bits per heavy atom. The summed E-state index contributed by atoms with van der Waals surface area (Å²) in [4.78, 5) is 26.0. The average molecular weight is 312 g/mol. The number of hydrogen-bond donors (Lipinski definition) is 1. The Kier molecular flexibility index (Phi) is 4.57. The van der Waals surface area contributed by atoms with Crippen molar-refractivity contribution in [3.8, 4) is 0 Å². The molecule has 0 spiro atoms. The molecule has 2 heterocycles. The highest BCUT2D eigenvalue weighted by atomic mass is 16.3. The first-order valence-corrected chi connectivity index (χ1v) is 7.82. The quantitative estimate of drug-likeness (QED) is 0.918. The second kappa shape index (κ2) is 6.79. The number of pyridine rings is 1. The molecule has 1 amide bonds. The Morgan fingerprint density at radius 1 is 1.13 bits per heavy atom. The lowest BCUT2D eigenvalue weighted by molar-refractivity contribution is -0.133. The van der Waals surface area contributed by atoms with Crippen molar-refractivity contribution < 1.29 is 9.90 Å². The number of likely N-dealkylation sites (tertiary alicyclic amines) is 1. The summed E-state index contributed by atoms with van der Waals surface area (Å²) >= 11 is 0. The molecule has 3 rings (SSSR count). The number of aliphatic hydroxyl groups excluding tert-OH is 1. The highest BCUT2D eigenvalue weighted by Crippen LogP contribution is 2.22. The van der Waals surface area contributed by atoms with Crippen LogP contribution in [0.5, 0.6) is 0 Å². The minimum atomic E-state index is -0.522. The van der Waals surface area contributed by atoms with E-state index in [0.717, 1.165) is 5.56 Å². The minimum absolute atomic E-state index is 0.0116. The smallest absolute Gasteiger partial charge is 0.250 e. The highest BCUT2D eigenvalue weighted by Gasteiger charge is 2.35. The molecule has 0 aliphatic carbocycles. The summed E-state index contributed by atoms with van der Waals surface area (Å²) in [6.07, 6.45) is 2.29. The number of aliphatic hydroxyl groups is 1. The van der Waals surface area contributed by atoms with Crippen LogP contribution in [0.25, 0.3) is 0 Å². The molecule has 2 atom stereocenters. The molecule has 1 aliphatic heterocycles. The number of carbonyl (C=O) groups is 1. The predicted molar refractivity (Wildman–Crippen MR) is 87.0 cm³/mol. The molecule has 2 aromatic rings. The molecule has 120 valence electrons. The first-order chi connectivity index (χ1) is 11.1. The van der Waals surface area contributed by atoms with Gasteiger partial charge in [-0.05, 0) is 24.5 Å². The van der Waals surface area contributed by atoms with E-state index >= 15 is 0 Å². The average Bonchev–Trinajstić information content (AvgIpc) is 2.92. The third-order valence-electron chi connectivity index (χ3n) is 4.32. The van der Waals surface area contributed by atoms with Crippen molar-refractivity contribution >= 4 is 5.91 Å². The number of carbonyl (C=O) groups excluding carboxylic acids is 1. The zero-order valence-electron chi connectivity index (χ0n) is 12.8. The van der Waals surface area contributed by atoms with E-state index in [0.29, 0.717) is 19.4 Å². The Morgan fingerprint density at radius 2 is 1.87 bits per heavy atom. The molecular weight excluding hydrogens is 292 g/mol. The molecule has 5 heteroatoms. The van der Waals surface area contributed by atoms with Crippen LogP contribution in [0.15, 0.2) is 59.5 Å². The van der Waals surface area contributed by atoms with Gasteiger partial charge in [0.05, 0.1) is 12.1 Å². The van der Waals surface area contributed by atoms with E-state index in [4.69, 9.17) is 0 Å². The van der Waals surface area contributed by atoms with Gasteiger partial charge in [0, 0.05) is 18.8 Å². The minimum Gasteiger partial charge on any atom is -0.391 e. The van der Waals surface area contributed by atoms with E-state index in [1.807, 2.05) is 30.3 Å². The first kappa shape index (κ1) is 15.5. The molecular formula is C18H20N2O3. The van der Waals surface area contributed by atoms with Crippen LogP contribution < -0.4 is 5.56 Å². The Balaban J connectivity index is 1.74. The molecule has 1 aliphatic rings. The standard InChI is InChI=1S/C18H20N2O3/c21-16-9-11-20(15(16)12-14-6-2-1-3-7-14)18(23)13-19-10-5-4-8-17(19)22/h1-8,10,15-16,21H,9,11-13H2/t15-,16-/m0/s1. The fourth-order valence-corrected chi connectivity index (χ4v) is 3.08. The van der Waals surface area contributed by atoms with Gasteiger partial charge < -0.3 is 14.6 Å². The van der Waals surface area contributed by atoms with Crippen molar-refractivity contribution in [3.63, 3.8) is 0 Å². The van der Waals surface area contributed by atoms with Gasteiger partial charge >= 0.3 is 0 Å². The van der Waals surface area contributed by atoms with Gasteiger partial charge in [-0.15, -0.1) is 0 Å². The molecule has 0 bridgehead atoms. The largest absolute Gasteiger partial charge is 0.391 e. The highest BCUT2D eigenvalue weighted by molar-refractivity contribution is 5.76. The molecule has 5 nitrogen and oxygen atoms in total. The molecule has 0 saturated carbocycles. The van der Waals surface area contributed by atoms with Gasteiger partial charge in [0.25, 0.3) is 5.56 Å². The summed E-state index contributed by atoms with van der Waals surface area (Å²) in [7, 11) is 0. The molecule has 23 heavy (non-hydrogen) atoms. The molecule has 1 saturated heterocycles. The topological polar surface area (TPSA) is 62.5 Å². The van der Waals surface area contributed by atoms with Gasteiger partial charge in [0.2, 0.25) is 5.91 Å². The van der Waals surface area contributed by atoms with Crippen LogP contribution in [0.2, 0.25) is 0 Å². The number of hydrogen-bond acceptors (Lipinski definition) is 3. The maximum Gasteiger partial charge on any atom is 0.250 e. The van der Waals surface area contributed by atoms with Crippen molar-refractivity contribution in [1.82, 2.24) is 9.47 Å². The van der Waals surface area contributed by atoms with Gasteiger partial charge in [0.15, 0.2) is 0 Å². The summed E-state index contributed by atoms with van der Waals surface area (Å²) in [5.41, 5.74) is 0.897. The third kappa shape index (κ3) is 3.51. The molecule has 1 aromatic carbocycles. The lowest BCUT2D eigenvalue weighted by atomic mass is 10.0. The van der Waals surface area contributed by atoms with Gasteiger partial charge in [-0.1, -0.05) is 36.4 Å². The van der Waals surface area contributed by atoms with Crippen LogP contribution in [0.1, 0.15) is 12.0 Å². The maximum absolute atomic E-state index is 12.6. The predicted octanol–water partition coefficient (Wildman–Crippen LogP) is 1.05. The van der Waals surface area contributed by atoms with Crippen LogP contribution in [0, 0.1) is 0 Å². The molecule has 1 fully saturated rings. The van der Waals surface area contributed by atoms with Crippen LogP contribution >= 0.6 is 0 Å². The van der Waals surface area contributed by atoms with Crippen LogP contribution in [-0.4, -0.2) is 39.2 Å². The lowest BCUT2D eigenvalue weighted by Gasteiger charge is -2.26. The van der Waals surface area contributed by atoms with Crippen molar-refractivity contribution in [2.75, 3.05) is 6.54 Å². The number of benzene rings is 1. The summed E-state index contributed by atoms with van der Waals surface area (Å²) < 4.78 is 1.40. The van der Waals surface area contributed by atoms with Crippen molar-refractivity contribution in [2.45, 2.75) is 31.5 Å². The van der Waals surface area contributed by atoms with E-state index in [1.165, 1.54) is 10.6 Å². The monoisotopic (exact) mass is 312 g/mol. The maximum atomic E-state index is 12.6. The fraction of sp³-hybridized carbons (Fsp3) is 0.333. The van der Waals surface area contributed by atoms with E-state index in [9.17, 15) is 14.7 Å². The molecule has 1 N–H and O–H groups in total. The SMILES string of the molecule is O=C(Cn1ccccc1=O)N1CC[C@H](O)[C@@H]1Cc1ccccc1. The van der Waals surface area contributed by atoms with E-state index in [2.05, 4.69) is 0 Å². The van der Waals surface area contributed by atoms with Gasteiger partial charge in [-0.25, -0.2) is 0 Å². The summed E-state index contributed by atoms with van der Waals surface area (Å²) in [6.45, 7) is 0.538. The summed E-state index contributed by atoms with van der Waals surface area (Å²) in [5, 5.41) is 10.2. The zero-order chi connectivity index (χ0) is 16.2. The van der Waals surface area contributed by atoms with Crippen LogP contribution in [0.3, 0.4) is 0 Å². The normalized spacial score (nSPS) is 20.7. The molecule has 1 aromatic heterocycles. The second-order valence-corrected chi connectivity index (χ2v) is 5.87. The number of amides is 1. The van der Waals surface area contributed by atoms with Crippen molar-refractivity contribution in [3.05, 3.63) is 70.6 Å². The summed E-state index contributed by atoms with van der Waals surface area (Å²) in [5.74, 6) is -0.129. The first-order valence-electron chi connectivity index (χ1n) is 7.82. The van der Waals surface area contributed by atoms with Gasteiger partial charge in [0.1, 0.15) is 6.54 Å². The Bertz CT molecular complexity index is 726. The van der Waals surface area contributed by atoms with Gasteiger partial charge in [-0.2, -0.15) is 0 Å². The van der Waals surface area contributed by atoms with Gasteiger partial charge in [-0.3, -0.25) is 9.59 Å². The lowest BCUT2D eigenvalue weighted by Crippen LogP contribution is -2.43. The third-order valence-corrected chi connectivity index (χ3v) is 4.32. The van der Waals surface area contributed by atoms with E-state index in [-0.39, 0.29) is 24.1 Å². The summed E-state index contributed by atoms with van der Waals surface area (Å²) in [6, 6.07) is 14.4. The number of nitrogens with zero attached hydrogens (tertiary/aromatic N) is 2. The fourth-order valence-electron chi connectivity index (χ4n) is 3.08. The number of aromatic nitrogens is 1. The van der Waals surface area contributed by atoms with Crippen molar-refractivity contribution in [1.29, 1.82) is 0 Å². The van der Waals surface area contributed by atoms with Crippen LogP contribution in [0.4, 0.5) is 0 Å². The Labute approximate surface area is 134 Å². The molecule has 0 radical (unpaired) electrons. The van der Waals surface area contributed by atoms with Crippen LogP contribution in [-0.2, 0) is 17.8 Å². The Hall–Kier alpha value is -2.40. The van der Waals surface area contributed by atoms with E-state index < -0.39 is 6.10 Å². The van der Waals surface area contributed by atoms with Crippen molar-refractivity contribution in [2.24, 2.45) is 0 Å². The van der Waals surface area contributed by atoms with E-state index in [1.54, 1.807) is 23.2 Å².